The van der Waals surface area contributed by atoms with E-state index >= 15 is 0 Å². The Labute approximate surface area is 118 Å². The Balaban J connectivity index is 2.01. The van der Waals surface area contributed by atoms with E-state index in [1.807, 2.05) is 6.92 Å². The number of methoxy groups -OCH3 is 1. The molecule has 0 amide bonds. The summed E-state index contributed by atoms with van der Waals surface area (Å²) in [6.07, 6.45) is 2.36. The van der Waals surface area contributed by atoms with Gasteiger partial charge in [-0.25, -0.2) is 9.78 Å². The average molecular weight is 283 g/mol. The molecule has 19 heavy (non-hydrogen) atoms. The first-order valence-corrected chi connectivity index (χ1v) is 7.50. The number of likely N-dealkylation sites (tertiary alicyclic amines) is 1. The topological polar surface area (TPSA) is 54.5 Å². The zero-order valence-corrected chi connectivity index (χ0v) is 12.5. The number of aryl methyl sites for hydroxylation is 1. The predicted octanol–water partition coefficient (Wildman–Crippen LogP) is 2.13. The number of hydrogen-bond acceptors (Lipinski definition) is 6. The maximum absolute atomic E-state index is 11.6. The van der Waals surface area contributed by atoms with Gasteiger partial charge >= 0.3 is 5.97 Å². The Kier molecular flexibility index (Phi) is 4.76. The van der Waals surface area contributed by atoms with Crippen molar-refractivity contribution in [1.29, 1.82) is 0 Å². The van der Waals surface area contributed by atoms with Gasteiger partial charge in [0.25, 0.3) is 0 Å². The van der Waals surface area contributed by atoms with E-state index in [1.165, 1.54) is 31.4 Å². The summed E-state index contributed by atoms with van der Waals surface area (Å²) in [4.78, 5) is 19.0. The molecule has 0 bridgehead atoms. The van der Waals surface area contributed by atoms with Gasteiger partial charge in [-0.15, -0.1) is 0 Å². The van der Waals surface area contributed by atoms with Crippen molar-refractivity contribution in [2.75, 3.05) is 32.1 Å². The van der Waals surface area contributed by atoms with Gasteiger partial charge in [0.2, 0.25) is 0 Å². The third-order valence-electron chi connectivity index (χ3n) is 3.45. The van der Waals surface area contributed by atoms with Crippen LogP contribution in [-0.4, -0.2) is 48.6 Å². The molecule has 1 aliphatic rings. The molecule has 0 aromatic carbocycles. The van der Waals surface area contributed by atoms with Crippen LogP contribution in [0.5, 0.6) is 0 Å². The molecule has 0 aliphatic carbocycles. The van der Waals surface area contributed by atoms with Crippen LogP contribution in [0, 0.1) is 6.92 Å². The highest BCUT2D eigenvalue weighted by Crippen LogP contribution is 2.25. The van der Waals surface area contributed by atoms with Crippen LogP contribution in [0.2, 0.25) is 0 Å². The molecular weight excluding hydrogens is 262 g/mol. The number of hydrogen-bond donors (Lipinski definition) is 1. The van der Waals surface area contributed by atoms with Gasteiger partial charge in [0.1, 0.15) is 4.88 Å². The van der Waals surface area contributed by atoms with Crippen molar-refractivity contribution >= 4 is 22.4 Å². The standard InChI is InChI=1S/C13H21N3O2S/c1-4-16-7-5-6-10(8-16)15-13-14-9(2)11(19-13)12(17)18-3/h10H,4-8H2,1-3H3,(H,14,15). The molecule has 0 spiro atoms. The quantitative estimate of drug-likeness (QED) is 0.858. The minimum Gasteiger partial charge on any atom is -0.465 e. The molecular formula is C13H21N3O2S. The maximum Gasteiger partial charge on any atom is 0.350 e. The SMILES string of the molecule is CCN1CCCC(Nc2nc(C)c(C(=O)OC)s2)C1. The second kappa shape index (κ2) is 6.34. The molecule has 6 heteroatoms. The number of rotatable bonds is 4. The molecule has 0 radical (unpaired) electrons. The van der Waals surface area contributed by atoms with Gasteiger partial charge in [-0.2, -0.15) is 0 Å². The van der Waals surface area contributed by atoms with Crippen LogP contribution in [0.3, 0.4) is 0 Å². The Hall–Kier alpha value is -1.14. The Morgan fingerprint density at radius 2 is 2.42 bits per heavy atom. The minimum atomic E-state index is -0.304. The number of ether oxygens (including phenoxy) is 1. The van der Waals surface area contributed by atoms with Crippen LogP contribution in [0.4, 0.5) is 5.13 Å². The molecule has 5 nitrogen and oxygen atoms in total. The first-order valence-electron chi connectivity index (χ1n) is 6.68. The molecule has 1 fully saturated rings. The van der Waals surface area contributed by atoms with E-state index in [-0.39, 0.29) is 5.97 Å². The highest BCUT2D eigenvalue weighted by molar-refractivity contribution is 7.17. The summed E-state index contributed by atoms with van der Waals surface area (Å²) >= 11 is 1.38. The summed E-state index contributed by atoms with van der Waals surface area (Å²) in [6.45, 7) is 7.34. The van der Waals surface area contributed by atoms with E-state index in [4.69, 9.17) is 4.74 Å². The Morgan fingerprint density at radius 1 is 1.63 bits per heavy atom. The van der Waals surface area contributed by atoms with Crippen LogP contribution in [0.15, 0.2) is 0 Å². The summed E-state index contributed by atoms with van der Waals surface area (Å²) in [6, 6.07) is 0.421. The fourth-order valence-electron chi connectivity index (χ4n) is 2.38. The first-order chi connectivity index (χ1) is 9.13. The van der Waals surface area contributed by atoms with Gasteiger partial charge in [-0.1, -0.05) is 18.3 Å². The third kappa shape index (κ3) is 3.45. The number of carbonyl (C=O) groups is 1. The molecule has 1 aliphatic heterocycles. The lowest BCUT2D eigenvalue weighted by Crippen LogP contribution is -2.41. The van der Waals surface area contributed by atoms with Crippen molar-refractivity contribution in [1.82, 2.24) is 9.88 Å². The first kappa shape index (κ1) is 14.3. The molecule has 1 aromatic rings. The zero-order chi connectivity index (χ0) is 13.8. The molecule has 1 saturated heterocycles. The van der Waals surface area contributed by atoms with E-state index in [0.717, 1.165) is 30.3 Å². The molecule has 1 unspecified atom stereocenters. The lowest BCUT2D eigenvalue weighted by Gasteiger charge is -2.32. The fourth-order valence-corrected chi connectivity index (χ4v) is 3.34. The summed E-state index contributed by atoms with van der Waals surface area (Å²) in [5, 5.41) is 4.26. The second-order valence-electron chi connectivity index (χ2n) is 4.80. The number of thiazole rings is 1. The number of anilines is 1. The van der Waals surface area contributed by atoms with Gasteiger partial charge in [0.05, 0.1) is 12.8 Å². The molecule has 0 saturated carbocycles. The predicted molar refractivity (Wildman–Crippen MR) is 76.9 cm³/mol. The largest absolute Gasteiger partial charge is 0.465 e. The molecule has 1 atom stereocenters. The van der Waals surface area contributed by atoms with E-state index in [1.54, 1.807) is 0 Å². The van der Waals surface area contributed by atoms with Crippen LogP contribution in [-0.2, 0) is 4.74 Å². The van der Waals surface area contributed by atoms with Gasteiger partial charge < -0.3 is 15.0 Å². The number of piperidine rings is 1. The van der Waals surface area contributed by atoms with Crippen molar-refractivity contribution in [2.45, 2.75) is 32.7 Å². The molecule has 106 valence electrons. The van der Waals surface area contributed by atoms with E-state index in [2.05, 4.69) is 22.1 Å². The van der Waals surface area contributed by atoms with Gasteiger partial charge in [0, 0.05) is 12.6 Å². The number of nitrogens with zero attached hydrogens (tertiary/aromatic N) is 2. The van der Waals surface area contributed by atoms with Crippen LogP contribution >= 0.6 is 11.3 Å². The van der Waals surface area contributed by atoms with E-state index in [9.17, 15) is 4.79 Å². The summed E-state index contributed by atoms with van der Waals surface area (Å²) in [5.41, 5.74) is 0.738. The summed E-state index contributed by atoms with van der Waals surface area (Å²) < 4.78 is 4.75. The Bertz CT molecular complexity index is 447. The fraction of sp³-hybridized carbons (Fsp3) is 0.692. The number of nitrogens with one attached hydrogen (secondary N) is 1. The van der Waals surface area contributed by atoms with Crippen LogP contribution < -0.4 is 5.32 Å². The number of aromatic nitrogens is 1. The molecule has 2 heterocycles. The molecule has 1 aromatic heterocycles. The summed E-state index contributed by atoms with van der Waals surface area (Å²) in [7, 11) is 1.40. The van der Waals surface area contributed by atoms with Gasteiger partial charge in [0.15, 0.2) is 5.13 Å². The smallest absolute Gasteiger partial charge is 0.350 e. The normalized spacial score (nSPS) is 20.3. The second-order valence-corrected chi connectivity index (χ2v) is 5.80. The van der Waals surface area contributed by atoms with Crippen molar-refractivity contribution in [3.63, 3.8) is 0 Å². The number of esters is 1. The van der Waals surface area contributed by atoms with Crippen molar-refractivity contribution in [2.24, 2.45) is 0 Å². The average Bonchev–Trinajstić information content (AvgIpc) is 2.79. The van der Waals surface area contributed by atoms with Crippen molar-refractivity contribution in [3.8, 4) is 0 Å². The zero-order valence-electron chi connectivity index (χ0n) is 11.7. The summed E-state index contributed by atoms with van der Waals surface area (Å²) in [5.74, 6) is -0.304. The monoisotopic (exact) mass is 283 g/mol. The van der Waals surface area contributed by atoms with Crippen molar-refractivity contribution < 1.29 is 9.53 Å². The molecule has 1 N–H and O–H groups in total. The highest BCUT2D eigenvalue weighted by Gasteiger charge is 2.21. The van der Waals surface area contributed by atoms with Gasteiger partial charge in [-0.3, -0.25) is 0 Å². The van der Waals surface area contributed by atoms with Crippen LogP contribution in [0.1, 0.15) is 35.1 Å². The maximum atomic E-state index is 11.6. The van der Waals surface area contributed by atoms with Gasteiger partial charge in [-0.05, 0) is 32.9 Å². The minimum absolute atomic E-state index is 0.304. The van der Waals surface area contributed by atoms with E-state index in [0.29, 0.717) is 10.9 Å². The highest BCUT2D eigenvalue weighted by atomic mass is 32.1. The van der Waals surface area contributed by atoms with Crippen molar-refractivity contribution in [3.05, 3.63) is 10.6 Å². The van der Waals surface area contributed by atoms with Crippen LogP contribution in [0.25, 0.3) is 0 Å². The number of likely N-dealkylation sites (N-methyl/N-ethyl adjacent to an activating group) is 1. The number of carbonyl (C=O) groups excluding carboxylic acids is 1. The Morgan fingerprint density at radius 3 is 3.11 bits per heavy atom. The molecule has 2 rings (SSSR count). The lowest BCUT2D eigenvalue weighted by molar-refractivity contribution is 0.0605. The third-order valence-corrected chi connectivity index (χ3v) is 4.52. The van der Waals surface area contributed by atoms with E-state index < -0.39 is 0 Å². The lowest BCUT2D eigenvalue weighted by atomic mass is 10.1.